The van der Waals surface area contributed by atoms with Crippen molar-refractivity contribution in [2.24, 2.45) is 0 Å². The molecular weight excluding hydrogens is 531 g/mol. The normalized spacial score (nSPS) is 16.3. The fraction of sp³-hybridized carbons (Fsp3) is 0.417. The Hall–Kier alpha value is -3.55. The van der Waals surface area contributed by atoms with Crippen LogP contribution in [0.1, 0.15) is 41.6 Å². The minimum atomic E-state index is -4.95. The van der Waals surface area contributed by atoms with Crippen molar-refractivity contribution >= 4 is 34.7 Å². The van der Waals surface area contributed by atoms with Crippen LogP contribution in [0.15, 0.2) is 24.4 Å². The smallest absolute Gasteiger partial charge is 0.355 e. The molecule has 2 N–H and O–H groups in total. The SMILES string of the molecule is CCn1ncc(NC(=O)c2nc(-c3c(F)cccc3F)sc2C)c1N1CCC[C@@H](NC(=O)C(F)(F)F)CC1. The van der Waals surface area contributed by atoms with E-state index < -0.39 is 35.7 Å². The lowest BCUT2D eigenvalue weighted by atomic mass is 10.1. The lowest BCUT2D eigenvalue weighted by molar-refractivity contribution is -0.174. The van der Waals surface area contributed by atoms with Crippen molar-refractivity contribution in [3.8, 4) is 10.6 Å². The molecule has 1 saturated heterocycles. The standard InChI is InChI=1S/C24H25F5N6O2S/c1-3-35-22(34-10-5-6-14(9-11-34)31-23(37)24(27,28)29)17(12-30-35)32-20(36)19-13(2)38-21(33-19)18-15(25)7-4-8-16(18)26/h4,7-8,12,14H,3,5-6,9-11H2,1-2H3,(H,31,37)(H,32,36)/t14-/m1/s1. The molecule has 204 valence electrons. The quantitative estimate of drug-likeness (QED) is 0.422. The maximum Gasteiger partial charge on any atom is 0.471 e. The number of amides is 2. The summed E-state index contributed by atoms with van der Waals surface area (Å²) in [4.78, 5) is 31.1. The second kappa shape index (κ2) is 11.1. The number of halogens is 5. The average molecular weight is 557 g/mol. The number of hydrogen-bond acceptors (Lipinski definition) is 6. The zero-order chi connectivity index (χ0) is 27.6. The zero-order valence-electron chi connectivity index (χ0n) is 20.5. The van der Waals surface area contributed by atoms with E-state index in [0.29, 0.717) is 48.9 Å². The van der Waals surface area contributed by atoms with Crippen LogP contribution in [-0.2, 0) is 11.3 Å². The van der Waals surface area contributed by atoms with Gasteiger partial charge in [0.1, 0.15) is 28.0 Å². The van der Waals surface area contributed by atoms with E-state index >= 15 is 0 Å². The number of aryl methyl sites for hydroxylation is 2. The first-order valence-electron chi connectivity index (χ1n) is 11.9. The van der Waals surface area contributed by atoms with Crippen LogP contribution in [0.5, 0.6) is 0 Å². The molecule has 38 heavy (non-hydrogen) atoms. The highest BCUT2D eigenvalue weighted by atomic mass is 32.1. The van der Waals surface area contributed by atoms with Crippen LogP contribution < -0.4 is 15.5 Å². The summed E-state index contributed by atoms with van der Waals surface area (Å²) in [5.74, 6) is -3.57. The molecule has 1 aliphatic heterocycles. The topological polar surface area (TPSA) is 92.2 Å². The van der Waals surface area contributed by atoms with Crippen LogP contribution in [0, 0.1) is 18.6 Å². The molecule has 4 rings (SSSR count). The van der Waals surface area contributed by atoms with Gasteiger partial charge in [0.2, 0.25) is 0 Å². The van der Waals surface area contributed by atoms with E-state index in [9.17, 15) is 31.5 Å². The Morgan fingerprint density at radius 2 is 1.87 bits per heavy atom. The number of aromatic nitrogens is 3. The second-order valence-corrected chi connectivity index (χ2v) is 9.96. The summed E-state index contributed by atoms with van der Waals surface area (Å²) in [6.45, 7) is 4.73. The Bertz CT molecular complexity index is 1320. The van der Waals surface area contributed by atoms with Crippen LogP contribution in [0.2, 0.25) is 0 Å². The summed E-state index contributed by atoms with van der Waals surface area (Å²) >= 11 is 0.988. The van der Waals surface area contributed by atoms with Gasteiger partial charge in [-0.2, -0.15) is 18.3 Å². The Labute approximate surface area is 218 Å². The Morgan fingerprint density at radius 3 is 2.53 bits per heavy atom. The third-order valence-electron chi connectivity index (χ3n) is 6.17. The summed E-state index contributed by atoms with van der Waals surface area (Å²) in [5, 5.41) is 9.16. The van der Waals surface area contributed by atoms with Gasteiger partial charge in [0.15, 0.2) is 5.82 Å². The van der Waals surface area contributed by atoms with Gasteiger partial charge in [-0.25, -0.2) is 18.4 Å². The first-order valence-corrected chi connectivity index (χ1v) is 12.7. The number of nitrogens with one attached hydrogen (secondary N) is 2. The number of carbonyl (C=O) groups excluding carboxylic acids is 2. The molecule has 0 spiro atoms. The first-order chi connectivity index (χ1) is 18.0. The number of benzene rings is 1. The van der Waals surface area contributed by atoms with Crippen LogP contribution in [0.4, 0.5) is 33.5 Å². The maximum atomic E-state index is 14.2. The van der Waals surface area contributed by atoms with E-state index in [1.807, 2.05) is 17.1 Å². The molecule has 3 aromatic rings. The van der Waals surface area contributed by atoms with Gasteiger partial charge in [-0.1, -0.05) is 6.07 Å². The van der Waals surface area contributed by atoms with Crippen molar-refractivity contribution in [3.63, 3.8) is 0 Å². The van der Waals surface area contributed by atoms with Crippen molar-refractivity contribution in [3.05, 3.63) is 46.6 Å². The number of anilines is 2. The average Bonchev–Trinajstić information content (AvgIpc) is 3.34. The fourth-order valence-electron chi connectivity index (χ4n) is 4.35. The van der Waals surface area contributed by atoms with Crippen LogP contribution >= 0.6 is 11.3 Å². The summed E-state index contributed by atoms with van der Waals surface area (Å²) < 4.78 is 68.1. The van der Waals surface area contributed by atoms with E-state index in [1.165, 1.54) is 12.3 Å². The highest BCUT2D eigenvalue weighted by Crippen LogP contribution is 2.33. The van der Waals surface area contributed by atoms with Gasteiger partial charge in [-0.05, 0) is 45.2 Å². The molecule has 0 unspecified atom stereocenters. The minimum Gasteiger partial charge on any atom is -0.355 e. The number of carbonyl (C=O) groups is 2. The third kappa shape index (κ3) is 5.79. The molecule has 2 aromatic heterocycles. The molecule has 0 aliphatic carbocycles. The Balaban J connectivity index is 1.53. The number of nitrogens with zero attached hydrogens (tertiary/aromatic N) is 4. The van der Waals surface area contributed by atoms with E-state index in [-0.39, 0.29) is 22.7 Å². The molecule has 1 fully saturated rings. The molecular formula is C24H25F5N6O2S. The predicted octanol–water partition coefficient (Wildman–Crippen LogP) is 4.90. The minimum absolute atomic E-state index is 0.00800. The number of alkyl halides is 3. The molecule has 1 aromatic carbocycles. The van der Waals surface area contributed by atoms with Crippen LogP contribution in [0.25, 0.3) is 10.6 Å². The second-order valence-electron chi connectivity index (χ2n) is 8.76. The number of thiazole rings is 1. The molecule has 0 radical (unpaired) electrons. The largest absolute Gasteiger partial charge is 0.471 e. The van der Waals surface area contributed by atoms with Gasteiger partial charge in [0.05, 0.1) is 11.8 Å². The van der Waals surface area contributed by atoms with Gasteiger partial charge in [0.25, 0.3) is 5.91 Å². The first kappa shape index (κ1) is 27.5. The summed E-state index contributed by atoms with van der Waals surface area (Å²) in [7, 11) is 0. The van der Waals surface area contributed by atoms with Crippen LogP contribution in [0.3, 0.4) is 0 Å². The number of rotatable bonds is 6. The molecule has 8 nitrogen and oxygen atoms in total. The Kier molecular flexibility index (Phi) is 7.99. The van der Waals surface area contributed by atoms with E-state index in [2.05, 4.69) is 15.4 Å². The van der Waals surface area contributed by atoms with Gasteiger partial charge in [0, 0.05) is 30.6 Å². The van der Waals surface area contributed by atoms with Crippen molar-refractivity contribution in [2.45, 2.75) is 51.9 Å². The number of hydrogen-bond donors (Lipinski definition) is 2. The predicted molar refractivity (Wildman–Crippen MR) is 132 cm³/mol. The highest BCUT2D eigenvalue weighted by Gasteiger charge is 2.40. The van der Waals surface area contributed by atoms with E-state index in [0.717, 1.165) is 23.5 Å². The van der Waals surface area contributed by atoms with Gasteiger partial charge in [-0.15, -0.1) is 11.3 Å². The lowest BCUT2D eigenvalue weighted by Crippen LogP contribution is -2.43. The van der Waals surface area contributed by atoms with Gasteiger partial charge >= 0.3 is 12.1 Å². The zero-order valence-corrected chi connectivity index (χ0v) is 21.3. The molecule has 14 heteroatoms. The van der Waals surface area contributed by atoms with E-state index in [1.54, 1.807) is 11.6 Å². The fourth-order valence-corrected chi connectivity index (χ4v) is 5.31. The summed E-state index contributed by atoms with van der Waals surface area (Å²) in [6.07, 6.45) is -2.34. The summed E-state index contributed by atoms with van der Waals surface area (Å²) in [5.41, 5.74) is 0.0603. The highest BCUT2D eigenvalue weighted by molar-refractivity contribution is 7.15. The van der Waals surface area contributed by atoms with Gasteiger partial charge < -0.3 is 15.5 Å². The third-order valence-corrected chi connectivity index (χ3v) is 7.16. The van der Waals surface area contributed by atoms with Crippen molar-refractivity contribution in [1.29, 1.82) is 0 Å². The maximum absolute atomic E-state index is 14.2. The molecule has 2 amide bonds. The molecule has 3 heterocycles. The molecule has 0 bridgehead atoms. The summed E-state index contributed by atoms with van der Waals surface area (Å²) in [6, 6.07) is 2.83. The molecule has 0 saturated carbocycles. The monoisotopic (exact) mass is 556 g/mol. The van der Waals surface area contributed by atoms with E-state index in [4.69, 9.17) is 0 Å². The van der Waals surface area contributed by atoms with Crippen molar-refractivity contribution in [2.75, 3.05) is 23.3 Å². The molecule has 1 atom stereocenters. The lowest BCUT2D eigenvalue weighted by Gasteiger charge is -2.25. The molecule has 1 aliphatic rings. The van der Waals surface area contributed by atoms with Crippen LogP contribution in [-0.4, -0.2) is 51.9 Å². The van der Waals surface area contributed by atoms with Crippen molar-refractivity contribution in [1.82, 2.24) is 20.1 Å². The Morgan fingerprint density at radius 1 is 1.16 bits per heavy atom. The van der Waals surface area contributed by atoms with Crippen molar-refractivity contribution < 1.29 is 31.5 Å². The van der Waals surface area contributed by atoms with Gasteiger partial charge in [-0.3, -0.25) is 9.59 Å².